The molecule has 0 bridgehead atoms. The van der Waals surface area contributed by atoms with E-state index in [1.165, 1.54) is 0 Å². The zero-order valence-electron chi connectivity index (χ0n) is 19.2. The number of carbonyl (C=O) groups excluding carboxylic acids is 1. The number of ether oxygens (including phenoxy) is 1. The van der Waals surface area contributed by atoms with Gasteiger partial charge in [-0.05, 0) is 30.2 Å². The van der Waals surface area contributed by atoms with Gasteiger partial charge in [-0.3, -0.25) is 0 Å². The minimum Gasteiger partial charge on any atom is -0.464 e. The first kappa shape index (κ1) is 23.0. The highest BCUT2D eigenvalue weighted by molar-refractivity contribution is 6.02. The van der Waals surface area contributed by atoms with Crippen molar-refractivity contribution in [1.82, 2.24) is 4.90 Å². The summed E-state index contributed by atoms with van der Waals surface area (Å²) in [7, 11) is 0. The molecule has 1 atom stereocenters. The minimum atomic E-state index is -0.663. The SMILES string of the molecule is CCOC(=O)[C@@H](c1ccccc1)N(Cc1ccccc1)/C(=N\c1ccccc1)c1ccccc1. The maximum absolute atomic E-state index is 13.4. The van der Waals surface area contributed by atoms with Gasteiger partial charge < -0.3 is 9.64 Å². The van der Waals surface area contributed by atoms with Gasteiger partial charge in [0.05, 0.1) is 12.3 Å². The molecule has 0 aliphatic rings. The number of benzene rings is 4. The van der Waals surface area contributed by atoms with E-state index in [2.05, 4.69) is 12.1 Å². The Morgan fingerprint density at radius 3 is 1.88 bits per heavy atom. The summed E-state index contributed by atoms with van der Waals surface area (Å²) in [6, 6.07) is 39.0. The van der Waals surface area contributed by atoms with Gasteiger partial charge in [0, 0.05) is 12.1 Å². The number of nitrogens with zero attached hydrogens (tertiary/aromatic N) is 2. The standard InChI is InChI=1S/C30H28N2O2/c1-2-34-30(33)28(25-17-9-4-10-18-25)32(23-24-15-7-3-8-16-24)29(26-19-11-5-12-20-26)31-27-21-13-6-14-22-27/h3-22,28H,2,23H2,1H3/b31-29-/t28-/m1/s1. The average Bonchev–Trinajstić information content (AvgIpc) is 2.89. The van der Waals surface area contributed by atoms with E-state index < -0.39 is 6.04 Å². The molecule has 0 saturated heterocycles. The lowest BCUT2D eigenvalue weighted by molar-refractivity contribution is -0.148. The fourth-order valence-electron chi connectivity index (χ4n) is 3.87. The molecular formula is C30H28N2O2. The van der Waals surface area contributed by atoms with Crippen LogP contribution in [0.3, 0.4) is 0 Å². The molecule has 0 spiro atoms. The lowest BCUT2D eigenvalue weighted by atomic mass is 10.0. The van der Waals surface area contributed by atoms with Crippen LogP contribution in [0, 0.1) is 0 Å². The summed E-state index contributed by atoms with van der Waals surface area (Å²) in [5, 5.41) is 0. The highest BCUT2D eigenvalue weighted by Crippen LogP contribution is 2.29. The number of rotatable bonds is 8. The van der Waals surface area contributed by atoms with Crippen LogP contribution in [-0.2, 0) is 16.1 Å². The number of para-hydroxylation sites is 1. The fourth-order valence-corrected chi connectivity index (χ4v) is 3.87. The van der Waals surface area contributed by atoms with Gasteiger partial charge in [0.25, 0.3) is 0 Å². The Kier molecular flexibility index (Phi) is 7.86. The van der Waals surface area contributed by atoms with E-state index >= 15 is 0 Å². The van der Waals surface area contributed by atoms with Crippen molar-refractivity contribution in [3.8, 4) is 0 Å². The molecule has 0 fully saturated rings. The third kappa shape index (κ3) is 5.78. The predicted octanol–water partition coefficient (Wildman–Crippen LogP) is 6.57. The first-order valence-corrected chi connectivity index (χ1v) is 11.5. The van der Waals surface area contributed by atoms with E-state index in [-0.39, 0.29) is 5.97 Å². The third-order valence-electron chi connectivity index (χ3n) is 5.43. The Balaban J connectivity index is 1.91. The van der Waals surface area contributed by atoms with Gasteiger partial charge in [0.2, 0.25) is 0 Å². The molecule has 0 amide bonds. The maximum Gasteiger partial charge on any atom is 0.333 e. The zero-order valence-corrected chi connectivity index (χ0v) is 19.2. The second-order valence-corrected chi connectivity index (χ2v) is 7.82. The number of hydrogen-bond acceptors (Lipinski definition) is 3. The Labute approximate surface area is 201 Å². The molecule has 170 valence electrons. The van der Waals surface area contributed by atoms with Crippen LogP contribution in [0.25, 0.3) is 0 Å². The molecule has 4 aromatic rings. The summed E-state index contributed by atoms with van der Waals surface area (Å²) < 4.78 is 5.58. The molecule has 0 saturated carbocycles. The molecule has 0 N–H and O–H groups in total. The predicted molar refractivity (Wildman–Crippen MR) is 137 cm³/mol. The van der Waals surface area contributed by atoms with Crippen LogP contribution in [-0.4, -0.2) is 23.3 Å². The van der Waals surface area contributed by atoms with E-state index in [0.717, 1.165) is 22.4 Å². The number of carbonyl (C=O) groups is 1. The van der Waals surface area contributed by atoms with Crippen molar-refractivity contribution in [1.29, 1.82) is 0 Å². The van der Waals surface area contributed by atoms with Crippen molar-refractivity contribution in [3.63, 3.8) is 0 Å². The Bertz CT molecular complexity index is 1190. The minimum absolute atomic E-state index is 0.303. The van der Waals surface area contributed by atoms with Gasteiger partial charge >= 0.3 is 5.97 Å². The monoisotopic (exact) mass is 448 g/mol. The van der Waals surface area contributed by atoms with E-state index in [4.69, 9.17) is 9.73 Å². The van der Waals surface area contributed by atoms with Crippen molar-refractivity contribution < 1.29 is 9.53 Å². The number of aliphatic imine (C=N–C) groups is 1. The maximum atomic E-state index is 13.4. The van der Waals surface area contributed by atoms with Gasteiger partial charge in [0.15, 0.2) is 6.04 Å². The van der Waals surface area contributed by atoms with E-state index in [1.807, 2.05) is 121 Å². The molecule has 4 nitrogen and oxygen atoms in total. The van der Waals surface area contributed by atoms with E-state index in [0.29, 0.717) is 19.0 Å². The summed E-state index contributed by atoms with van der Waals surface area (Å²) in [6.45, 7) is 2.62. The van der Waals surface area contributed by atoms with Gasteiger partial charge in [-0.2, -0.15) is 0 Å². The van der Waals surface area contributed by atoms with Crippen LogP contribution in [0.5, 0.6) is 0 Å². The van der Waals surface area contributed by atoms with Gasteiger partial charge in [0.1, 0.15) is 5.84 Å². The molecule has 0 aliphatic heterocycles. The Morgan fingerprint density at radius 1 is 0.765 bits per heavy atom. The quantitative estimate of drug-likeness (QED) is 0.174. The largest absolute Gasteiger partial charge is 0.464 e. The average molecular weight is 449 g/mol. The molecule has 4 aromatic carbocycles. The second-order valence-electron chi connectivity index (χ2n) is 7.82. The first-order valence-electron chi connectivity index (χ1n) is 11.5. The number of hydrogen-bond donors (Lipinski definition) is 0. The highest BCUT2D eigenvalue weighted by Gasteiger charge is 2.32. The molecule has 0 heterocycles. The number of amidine groups is 1. The van der Waals surface area contributed by atoms with E-state index in [1.54, 1.807) is 0 Å². The molecule has 0 aliphatic carbocycles. The Morgan fingerprint density at radius 2 is 1.29 bits per heavy atom. The van der Waals surface area contributed by atoms with Crippen LogP contribution >= 0.6 is 0 Å². The smallest absolute Gasteiger partial charge is 0.333 e. The lowest BCUT2D eigenvalue weighted by Gasteiger charge is -2.33. The van der Waals surface area contributed by atoms with Crippen molar-refractivity contribution in [2.75, 3.05) is 6.61 Å². The Hall–Kier alpha value is -4.18. The van der Waals surface area contributed by atoms with Gasteiger partial charge in [-0.15, -0.1) is 0 Å². The molecule has 34 heavy (non-hydrogen) atoms. The summed E-state index contributed by atoms with van der Waals surface area (Å²) in [4.78, 5) is 20.5. The second kappa shape index (κ2) is 11.6. The van der Waals surface area contributed by atoms with Crippen molar-refractivity contribution in [2.24, 2.45) is 4.99 Å². The van der Waals surface area contributed by atoms with Crippen molar-refractivity contribution in [3.05, 3.63) is 138 Å². The summed E-state index contributed by atoms with van der Waals surface area (Å²) in [5.41, 5.74) is 3.67. The van der Waals surface area contributed by atoms with Crippen molar-refractivity contribution in [2.45, 2.75) is 19.5 Å². The van der Waals surface area contributed by atoms with Crippen LogP contribution < -0.4 is 0 Å². The van der Waals surface area contributed by atoms with Crippen LogP contribution in [0.1, 0.15) is 29.7 Å². The number of esters is 1. The third-order valence-corrected chi connectivity index (χ3v) is 5.43. The molecule has 0 radical (unpaired) electrons. The van der Waals surface area contributed by atoms with E-state index in [9.17, 15) is 4.79 Å². The topological polar surface area (TPSA) is 41.9 Å². The molecule has 4 rings (SSSR count). The van der Waals surface area contributed by atoms with Gasteiger partial charge in [-0.1, -0.05) is 109 Å². The summed E-state index contributed by atoms with van der Waals surface area (Å²) in [5.74, 6) is 0.402. The highest BCUT2D eigenvalue weighted by atomic mass is 16.5. The molecule has 4 heteroatoms. The molecular weight excluding hydrogens is 420 g/mol. The summed E-state index contributed by atoms with van der Waals surface area (Å²) in [6.07, 6.45) is 0. The zero-order chi connectivity index (χ0) is 23.6. The fraction of sp³-hybridized carbons (Fsp3) is 0.133. The normalized spacial score (nSPS) is 12.1. The first-order chi connectivity index (χ1) is 16.8. The van der Waals surface area contributed by atoms with Crippen LogP contribution in [0.2, 0.25) is 0 Å². The summed E-state index contributed by atoms with van der Waals surface area (Å²) >= 11 is 0. The van der Waals surface area contributed by atoms with Crippen LogP contribution in [0.15, 0.2) is 126 Å². The van der Waals surface area contributed by atoms with Crippen molar-refractivity contribution >= 4 is 17.5 Å². The van der Waals surface area contributed by atoms with Crippen LogP contribution in [0.4, 0.5) is 5.69 Å². The van der Waals surface area contributed by atoms with Gasteiger partial charge in [-0.25, -0.2) is 9.79 Å². The molecule has 0 aromatic heterocycles. The lowest BCUT2D eigenvalue weighted by Crippen LogP contribution is -2.40. The molecule has 0 unspecified atom stereocenters.